The third kappa shape index (κ3) is 3.85. The van der Waals surface area contributed by atoms with E-state index in [-0.39, 0.29) is 16.7 Å². The second-order valence-electron chi connectivity index (χ2n) is 4.39. The SMILES string of the molecule is CC(C)(NS(=O)O)c1cc(C(=O)O)cc(C(=O)O)c1. The maximum absolute atomic E-state index is 11.0. The van der Waals surface area contributed by atoms with E-state index >= 15 is 0 Å². The standard InChI is InChI=1S/C11H13NO6S/c1-11(2,12-19(17)18)8-4-6(9(13)14)3-7(5-8)10(15)16/h3-5,12H,1-2H3,(H,13,14)(H,15,16)(H,17,18). The Labute approximate surface area is 111 Å². The number of rotatable bonds is 5. The van der Waals surface area contributed by atoms with Gasteiger partial charge in [0.05, 0.1) is 16.7 Å². The molecule has 0 amide bonds. The van der Waals surface area contributed by atoms with E-state index in [2.05, 4.69) is 4.72 Å². The van der Waals surface area contributed by atoms with Crippen molar-refractivity contribution in [1.29, 1.82) is 0 Å². The molecular weight excluding hydrogens is 274 g/mol. The Bertz CT molecular complexity index is 522. The lowest BCUT2D eigenvalue weighted by Crippen LogP contribution is -2.37. The van der Waals surface area contributed by atoms with Gasteiger partial charge >= 0.3 is 11.9 Å². The Morgan fingerprint density at radius 3 is 1.84 bits per heavy atom. The highest BCUT2D eigenvalue weighted by Crippen LogP contribution is 2.23. The Morgan fingerprint density at radius 2 is 1.53 bits per heavy atom. The second kappa shape index (κ2) is 5.47. The number of carboxylic acid groups (broad SMARTS) is 2. The van der Waals surface area contributed by atoms with E-state index in [0.29, 0.717) is 0 Å². The summed E-state index contributed by atoms with van der Waals surface area (Å²) < 4.78 is 21.9. The van der Waals surface area contributed by atoms with Crippen molar-refractivity contribution < 1.29 is 28.6 Å². The lowest BCUT2D eigenvalue weighted by Gasteiger charge is -2.25. The Hall–Kier alpha value is -1.77. The Kier molecular flexibility index (Phi) is 4.40. The monoisotopic (exact) mass is 287 g/mol. The molecule has 0 fully saturated rings. The van der Waals surface area contributed by atoms with Crippen molar-refractivity contribution in [1.82, 2.24) is 4.72 Å². The van der Waals surface area contributed by atoms with E-state index in [4.69, 9.17) is 14.8 Å². The molecular formula is C11H13NO6S. The summed E-state index contributed by atoms with van der Waals surface area (Å²) in [4.78, 5) is 21.9. The lowest BCUT2D eigenvalue weighted by molar-refractivity contribution is 0.0696. The minimum Gasteiger partial charge on any atom is -0.478 e. The summed E-state index contributed by atoms with van der Waals surface area (Å²) in [5.74, 6) is -2.55. The number of nitrogens with one attached hydrogen (secondary N) is 1. The normalized spacial score (nSPS) is 13.0. The van der Waals surface area contributed by atoms with Crippen LogP contribution in [0.4, 0.5) is 0 Å². The van der Waals surface area contributed by atoms with Gasteiger partial charge in [-0.1, -0.05) is 0 Å². The lowest BCUT2D eigenvalue weighted by atomic mass is 9.92. The Balaban J connectivity index is 3.38. The van der Waals surface area contributed by atoms with Crippen LogP contribution in [0, 0.1) is 0 Å². The van der Waals surface area contributed by atoms with Crippen molar-refractivity contribution in [3.05, 3.63) is 34.9 Å². The summed E-state index contributed by atoms with van der Waals surface area (Å²) in [6, 6.07) is 3.55. The van der Waals surface area contributed by atoms with Crippen LogP contribution in [0.25, 0.3) is 0 Å². The van der Waals surface area contributed by atoms with Gasteiger partial charge in [-0.25, -0.2) is 18.5 Å². The molecule has 1 unspecified atom stereocenters. The summed E-state index contributed by atoms with van der Waals surface area (Å²) in [5.41, 5.74) is -1.18. The van der Waals surface area contributed by atoms with Crippen molar-refractivity contribution in [2.75, 3.05) is 0 Å². The molecule has 0 bridgehead atoms. The van der Waals surface area contributed by atoms with Gasteiger partial charge < -0.3 is 10.2 Å². The van der Waals surface area contributed by atoms with Crippen molar-refractivity contribution in [3.63, 3.8) is 0 Å². The molecule has 104 valence electrons. The van der Waals surface area contributed by atoms with Crippen molar-refractivity contribution in [3.8, 4) is 0 Å². The summed E-state index contributed by atoms with van der Waals surface area (Å²) in [6.45, 7) is 3.07. The fraction of sp³-hybridized carbons (Fsp3) is 0.273. The summed E-state index contributed by atoms with van der Waals surface area (Å²) in [7, 11) is 0. The first-order valence-corrected chi connectivity index (χ1v) is 6.25. The maximum atomic E-state index is 11.0. The minimum atomic E-state index is -2.31. The quantitative estimate of drug-likeness (QED) is 0.600. The van der Waals surface area contributed by atoms with Crippen LogP contribution in [-0.2, 0) is 16.8 Å². The molecule has 1 aromatic rings. The van der Waals surface area contributed by atoms with Crippen LogP contribution in [0.3, 0.4) is 0 Å². The van der Waals surface area contributed by atoms with E-state index in [9.17, 15) is 13.8 Å². The van der Waals surface area contributed by atoms with Gasteiger partial charge in [-0.3, -0.25) is 4.55 Å². The van der Waals surface area contributed by atoms with Crippen LogP contribution in [0.5, 0.6) is 0 Å². The smallest absolute Gasteiger partial charge is 0.335 e. The molecule has 0 radical (unpaired) electrons. The fourth-order valence-electron chi connectivity index (χ4n) is 1.51. The number of aromatic carboxylic acids is 2. The minimum absolute atomic E-state index is 0.200. The van der Waals surface area contributed by atoms with Crippen LogP contribution < -0.4 is 4.72 Å². The average molecular weight is 287 g/mol. The number of carbonyl (C=O) groups is 2. The highest BCUT2D eigenvalue weighted by Gasteiger charge is 2.25. The van der Waals surface area contributed by atoms with E-state index in [0.717, 1.165) is 6.07 Å². The molecule has 0 saturated carbocycles. The predicted molar refractivity (Wildman–Crippen MR) is 67.3 cm³/mol. The average Bonchev–Trinajstić information content (AvgIpc) is 2.26. The molecule has 0 heterocycles. The molecule has 0 aliphatic carbocycles. The van der Waals surface area contributed by atoms with Gasteiger partial charge in [0.2, 0.25) is 11.3 Å². The molecule has 1 rings (SSSR count). The van der Waals surface area contributed by atoms with E-state index in [1.165, 1.54) is 26.0 Å². The van der Waals surface area contributed by atoms with Crippen LogP contribution in [0.1, 0.15) is 40.1 Å². The van der Waals surface area contributed by atoms with Crippen LogP contribution in [0.15, 0.2) is 18.2 Å². The first-order chi connectivity index (χ1) is 8.63. The predicted octanol–water partition coefficient (Wildman–Crippen LogP) is 1.04. The molecule has 1 aromatic carbocycles. The number of carboxylic acids is 2. The molecule has 0 aliphatic heterocycles. The maximum Gasteiger partial charge on any atom is 0.335 e. The summed E-state index contributed by atoms with van der Waals surface area (Å²) in [6.07, 6.45) is 0. The topological polar surface area (TPSA) is 124 Å². The number of benzene rings is 1. The van der Waals surface area contributed by atoms with E-state index in [1.807, 2.05) is 0 Å². The first kappa shape index (κ1) is 15.3. The van der Waals surface area contributed by atoms with Crippen LogP contribution in [-0.4, -0.2) is 30.9 Å². The highest BCUT2D eigenvalue weighted by molar-refractivity contribution is 7.77. The fourth-order valence-corrected chi connectivity index (χ4v) is 2.07. The molecule has 1 atom stereocenters. The van der Waals surface area contributed by atoms with Crippen LogP contribution >= 0.6 is 0 Å². The first-order valence-electron chi connectivity index (χ1n) is 5.14. The van der Waals surface area contributed by atoms with Crippen molar-refractivity contribution in [2.24, 2.45) is 0 Å². The zero-order valence-electron chi connectivity index (χ0n) is 10.2. The number of hydrogen-bond donors (Lipinski definition) is 4. The van der Waals surface area contributed by atoms with Crippen molar-refractivity contribution in [2.45, 2.75) is 19.4 Å². The molecule has 19 heavy (non-hydrogen) atoms. The molecule has 8 heteroatoms. The molecule has 4 N–H and O–H groups in total. The van der Waals surface area contributed by atoms with Crippen molar-refractivity contribution >= 4 is 23.2 Å². The molecule has 0 aromatic heterocycles. The molecule has 0 saturated heterocycles. The number of hydrogen-bond acceptors (Lipinski definition) is 3. The molecule has 7 nitrogen and oxygen atoms in total. The molecule has 0 spiro atoms. The largest absolute Gasteiger partial charge is 0.478 e. The third-order valence-electron chi connectivity index (χ3n) is 2.49. The zero-order chi connectivity index (χ0) is 14.8. The van der Waals surface area contributed by atoms with Gasteiger partial charge in [0.15, 0.2) is 0 Å². The summed E-state index contributed by atoms with van der Waals surface area (Å²) in [5, 5.41) is 17.9. The van der Waals surface area contributed by atoms with Gasteiger partial charge in [-0.05, 0) is 37.6 Å². The van der Waals surface area contributed by atoms with Gasteiger partial charge in [0, 0.05) is 0 Å². The second-order valence-corrected chi connectivity index (χ2v) is 5.09. The van der Waals surface area contributed by atoms with Gasteiger partial charge in [0.1, 0.15) is 0 Å². The van der Waals surface area contributed by atoms with Gasteiger partial charge in [-0.15, -0.1) is 0 Å². The van der Waals surface area contributed by atoms with E-state index < -0.39 is 28.7 Å². The summed E-state index contributed by atoms with van der Waals surface area (Å²) >= 11 is -2.31. The highest BCUT2D eigenvalue weighted by atomic mass is 32.2. The van der Waals surface area contributed by atoms with E-state index in [1.54, 1.807) is 0 Å². The van der Waals surface area contributed by atoms with Gasteiger partial charge in [0.25, 0.3) is 0 Å². The Morgan fingerprint density at radius 1 is 1.11 bits per heavy atom. The van der Waals surface area contributed by atoms with Crippen LogP contribution in [0.2, 0.25) is 0 Å². The van der Waals surface area contributed by atoms with Gasteiger partial charge in [-0.2, -0.15) is 0 Å². The molecule has 0 aliphatic rings. The third-order valence-corrected chi connectivity index (χ3v) is 3.18. The zero-order valence-corrected chi connectivity index (χ0v) is 11.0.